The Morgan fingerprint density at radius 2 is 2.03 bits per heavy atom. The molecule has 1 amide bonds. The number of carbonyl (C=O) groups excluding carboxylic acids is 1. The number of likely N-dealkylation sites (N-methyl/N-ethyl adjacent to an activating group) is 1. The fraction of sp³-hybridized carbons (Fsp3) is 0.364. The number of rotatable bonds is 6. The SMILES string of the molecule is CN(CCO)C(=O)c1ccc2c(c1)N(c1ncc(-c3nc(CO)cs3)cn1)CC21CC1. The minimum Gasteiger partial charge on any atom is -0.395 e. The number of aliphatic hydroxyl groups excluding tert-OH is 2. The zero-order valence-corrected chi connectivity index (χ0v) is 18.0. The molecular weight excluding hydrogens is 414 g/mol. The first kappa shape index (κ1) is 20.0. The Morgan fingerprint density at radius 1 is 1.26 bits per heavy atom. The summed E-state index contributed by atoms with van der Waals surface area (Å²) in [5.74, 6) is 0.481. The molecule has 3 aromatic rings. The normalized spacial score (nSPS) is 15.9. The first-order valence-corrected chi connectivity index (χ1v) is 11.1. The summed E-state index contributed by atoms with van der Waals surface area (Å²) in [6, 6.07) is 5.86. The molecule has 3 heterocycles. The highest BCUT2D eigenvalue weighted by Gasteiger charge is 2.52. The third kappa shape index (κ3) is 3.48. The minimum atomic E-state index is -0.117. The van der Waals surface area contributed by atoms with Crippen LogP contribution < -0.4 is 4.90 Å². The van der Waals surface area contributed by atoms with Crippen molar-refractivity contribution >= 4 is 28.9 Å². The molecule has 2 aromatic heterocycles. The second kappa shape index (κ2) is 7.67. The van der Waals surface area contributed by atoms with Crippen molar-refractivity contribution < 1.29 is 15.0 Å². The molecule has 0 atom stereocenters. The number of hydrogen-bond donors (Lipinski definition) is 2. The molecule has 1 aromatic carbocycles. The lowest BCUT2D eigenvalue weighted by atomic mass is 9.97. The number of thiazole rings is 1. The first-order valence-electron chi connectivity index (χ1n) is 10.2. The number of hydrogen-bond acceptors (Lipinski definition) is 8. The summed E-state index contributed by atoms with van der Waals surface area (Å²) in [7, 11) is 1.69. The quantitative estimate of drug-likeness (QED) is 0.610. The summed E-state index contributed by atoms with van der Waals surface area (Å²) >= 11 is 1.45. The predicted molar refractivity (Wildman–Crippen MR) is 117 cm³/mol. The summed E-state index contributed by atoms with van der Waals surface area (Å²) in [5, 5.41) is 21.0. The number of aromatic nitrogens is 3. The lowest BCUT2D eigenvalue weighted by Gasteiger charge is -2.19. The van der Waals surface area contributed by atoms with Crippen molar-refractivity contribution in [2.45, 2.75) is 24.9 Å². The van der Waals surface area contributed by atoms with E-state index < -0.39 is 0 Å². The number of fused-ring (bicyclic) bond motifs is 2. The fourth-order valence-corrected chi connectivity index (χ4v) is 4.91. The summed E-state index contributed by atoms with van der Waals surface area (Å²) in [6.45, 7) is 0.943. The van der Waals surface area contributed by atoms with E-state index in [0.717, 1.165) is 35.6 Å². The fourth-order valence-electron chi connectivity index (χ4n) is 4.12. The van der Waals surface area contributed by atoms with Crippen molar-refractivity contribution in [1.82, 2.24) is 19.9 Å². The highest BCUT2D eigenvalue weighted by Crippen LogP contribution is 2.57. The average Bonchev–Trinajstić information content (AvgIpc) is 3.28. The Hall–Kier alpha value is -2.88. The highest BCUT2D eigenvalue weighted by molar-refractivity contribution is 7.13. The molecular formula is C22H23N5O3S. The number of carbonyl (C=O) groups is 1. The van der Waals surface area contributed by atoms with Crippen LogP contribution in [0.2, 0.25) is 0 Å². The van der Waals surface area contributed by atoms with E-state index in [1.54, 1.807) is 19.4 Å². The first-order chi connectivity index (χ1) is 15.0. The van der Waals surface area contributed by atoms with Crippen molar-refractivity contribution in [1.29, 1.82) is 0 Å². The van der Waals surface area contributed by atoms with Gasteiger partial charge in [-0.25, -0.2) is 15.0 Å². The van der Waals surface area contributed by atoms with Gasteiger partial charge in [0, 0.05) is 60.1 Å². The van der Waals surface area contributed by atoms with Gasteiger partial charge in [-0.3, -0.25) is 4.79 Å². The Balaban J connectivity index is 1.46. The van der Waals surface area contributed by atoms with E-state index in [0.29, 0.717) is 23.8 Å². The topological polar surface area (TPSA) is 103 Å². The van der Waals surface area contributed by atoms with Gasteiger partial charge in [-0.05, 0) is 30.5 Å². The Bertz CT molecular complexity index is 1130. The largest absolute Gasteiger partial charge is 0.395 e. The maximum atomic E-state index is 12.7. The molecule has 0 unspecified atom stereocenters. The Labute approximate surface area is 183 Å². The number of nitrogens with zero attached hydrogens (tertiary/aromatic N) is 5. The van der Waals surface area contributed by atoms with Gasteiger partial charge in [0.1, 0.15) is 5.01 Å². The van der Waals surface area contributed by atoms with Crippen LogP contribution in [0.3, 0.4) is 0 Å². The summed E-state index contributed by atoms with van der Waals surface area (Å²) in [6.07, 6.45) is 5.75. The van der Waals surface area contributed by atoms with E-state index in [2.05, 4.69) is 25.9 Å². The molecule has 0 bridgehead atoms. The Kier molecular flexibility index (Phi) is 4.96. The van der Waals surface area contributed by atoms with Crippen molar-refractivity contribution in [3.63, 3.8) is 0 Å². The zero-order chi connectivity index (χ0) is 21.6. The molecule has 0 saturated heterocycles. The Morgan fingerprint density at radius 3 is 2.68 bits per heavy atom. The van der Waals surface area contributed by atoms with E-state index >= 15 is 0 Å². The second-order valence-electron chi connectivity index (χ2n) is 8.12. The smallest absolute Gasteiger partial charge is 0.253 e. The lowest BCUT2D eigenvalue weighted by molar-refractivity contribution is 0.0767. The van der Waals surface area contributed by atoms with Gasteiger partial charge in [-0.15, -0.1) is 11.3 Å². The van der Waals surface area contributed by atoms with Gasteiger partial charge in [0.15, 0.2) is 0 Å². The van der Waals surface area contributed by atoms with E-state index in [4.69, 9.17) is 5.11 Å². The lowest BCUT2D eigenvalue weighted by Crippen LogP contribution is -2.29. The molecule has 5 rings (SSSR count). The molecule has 2 aliphatic rings. The minimum absolute atomic E-state index is 0.0680. The van der Waals surface area contributed by atoms with Gasteiger partial charge in [0.2, 0.25) is 5.95 Å². The zero-order valence-electron chi connectivity index (χ0n) is 17.2. The van der Waals surface area contributed by atoms with Crippen LogP contribution in [0.15, 0.2) is 36.0 Å². The van der Waals surface area contributed by atoms with Crippen LogP contribution in [0.1, 0.15) is 34.5 Å². The number of aliphatic hydroxyl groups is 2. The van der Waals surface area contributed by atoms with Crippen LogP contribution in [0, 0.1) is 0 Å². The van der Waals surface area contributed by atoms with Crippen LogP contribution in [-0.2, 0) is 12.0 Å². The van der Waals surface area contributed by atoms with Crippen LogP contribution in [-0.4, -0.2) is 62.7 Å². The second-order valence-corrected chi connectivity index (χ2v) is 8.98. The van der Waals surface area contributed by atoms with Gasteiger partial charge in [0.05, 0.1) is 18.9 Å². The number of anilines is 2. The molecule has 1 saturated carbocycles. The molecule has 8 nitrogen and oxygen atoms in total. The van der Waals surface area contributed by atoms with E-state index in [1.807, 2.05) is 17.5 Å². The number of benzene rings is 1. The molecule has 1 aliphatic heterocycles. The number of amides is 1. The molecule has 1 aliphatic carbocycles. The van der Waals surface area contributed by atoms with Gasteiger partial charge in [-0.1, -0.05) is 6.07 Å². The monoisotopic (exact) mass is 437 g/mol. The van der Waals surface area contributed by atoms with Crippen LogP contribution >= 0.6 is 11.3 Å². The van der Waals surface area contributed by atoms with Crippen LogP contribution in [0.5, 0.6) is 0 Å². The van der Waals surface area contributed by atoms with Crippen molar-refractivity contribution in [2.75, 3.05) is 31.6 Å². The van der Waals surface area contributed by atoms with Crippen LogP contribution in [0.25, 0.3) is 10.6 Å². The average molecular weight is 438 g/mol. The molecule has 9 heteroatoms. The maximum absolute atomic E-state index is 12.7. The molecule has 0 radical (unpaired) electrons. The summed E-state index contributed by atoms with van der Waals surface area (Å²) in [4.78, 5) is 29.9. The summed E-state index contributed by atoms with van der Waals surface area (Å²) < 4.78 is 0. The molecule has 1 spiro atoms. The van der Waals surface area contributed by atoms with E-state index in [-0.39, 0.29) is 24.5 Å². The molecule has 160 valence electrons. The van der Waals surface area contributed by atoms with Gasteiger partial charge in [-0.2, -0.15) is 0 Å². The van der Waals surface area contributed by atoms with E-state index in [9.17, 15) is 9.90 Å². The van der Waals surface area contributed by atoms with Gasteiger partial charge < -0.3 is 20.0 Å². The molecule has 31 heavy (non-hydrogen) atoms. The molecule has 1 fully saturated rings. The van der Waals surface area contributed by atoms with E-state index in [1.165, 1.54) is 21.8 Å². The van der Waals surface area contributed by atoms with Gasteiger partial charge in [0.25, 0.3) is 5.91 Å². The third-order valence-electron chi connectivity index (χ3n) is 6.04. The van der Waals surface area contributed by atoms with Crippen molar-refractivity contribution in [2.24, 2.45) is 0 Å². The predicted octanol–water partition coefficient (Wildman–Crippen LogP) is 2.34. The van der Waals surface area contributed by atoms with Gasteiger partial charge >= 0.3 is 0 Å². The molecule has 2 N–H and O–H groups in total. The standard InChI is InChI=1S/C22H23N5O3S/c1-26(6-7-28)20(30)14-2-3-17-18(8-14)27(13-22(17)4-5-22)21-23-9-15(10-24-21)19-25-16(11-29)12-31-19/h2-3,8-10,12,28-29H,4-7,11,13H2,1H3. The third-order valence-corrected chi connectivity index (χ3v) is 6.98. The summed E-state index contributed by atoms with van der Waals surface area (Å²) in [5.41, 5.74) is 4.38. The van der Waals surface area contributed by atoms with Crippen molar-refractivity contribution in [3.8, 4) is 10.6 Å². The highest BCUT2D eigenvalue weighted by atomic mass is 32.1. The van der Waals surface area contributed by atoms with Crippen molar-refractivity contribution in [3.05, 3.63) is 52.8 Å². The maximum Gasteiger partial charge on any atom is 0.253 e. The van der Waals surface area contributed by atoms with Crippen LogP contribution in [0.4, 0.5) is 11.6 Å².